The Morgan fingerprint density at radius 3 is 2.58 bits per heavy atom. The van der Waals surface area contributed by atoms with Gasteiger partial charge in [0, 0.05) is 19.2 Å². The highest BCUT2D eigenvalue weighted by molar-refractivity contribution is 4.95. The number of hydrogen-bond acceptors (Lipinski definition) is 2. The van der Waals surface area contributed by atoms with Gasteiger partial charge in [-0.25, -0.2) is 0 Å². The summed E-state index contributed by atoms with van der Waals surface area (Å²) in [6.45, 7) is 5.47. The minimum Gasteiger partial charge on any atom is -0.383 e. The first-order valence-corrected chi connectivity index (χ1v) is 4.93. The molecule has 2 heteroatoms. The van der Waals surface area contributed by atoms with E-state index >= 15 is 0 Å². The molecule has 0 spiro atoms. The second kappa shape index (κ2) is 4.24. The molecule has 0 aliphatic carbocycles. The van der Waals surface area contributed by atoms with Gasteiger partial charge in [0.2, 0.25) is 0 Å². The lowest BCUT2D eigenvalue weighted by Crippen LogP contribution is -2.62. The van der Waals surface area contributed by atoms with Crippen molar-refractivity contribution >= 4 is 0 Å². The van der Waals surface area contributed by atoms with Crippen molar-refractivity contribution < 1.29 is 4.74 Å². The number of nitrogens with zero attached hydrogens (tertiary/aromatic N) is 1. The zero-order valence-electron chi connectivity index (χ0n) is 8.71. The van der Waals surface area contributed by atoms with Gasteiger partial charge in [0.25, 0.3) is 0 Å². The Morgan fingerprint density at radius 1 is 1.42 bits per heavy atom. The van der Waals surface area contributed by atoms with Gasteiger partial charge in [-0.1, -0.05) is 13.3 Å². The molecule has 0 aromatic rings. The smallest absolute Gasteiger partial charge is 0.0621 e. The molecule has 72 valence electrons. The van der Waals surface area contributed by atoms with E-state index in [1.54, 1.807) is 7.11 Å². The second-order valence-corrected chi connectivity index (χ2v) is 3.88. The van der Waals surface area contributed by atoms with Gasteiger partial charge in [-0.05, 0) is 26.3 Å². The largest absolute Gasteiger partial charge is 0.383 e. The molecule has 0 aromatic carbocycles. The quantitative estimate of drug-likeness (QED) is 0.639. The van der Waals surface area contributed by atoms with E-state index in [4.69, 9.17) is 4.74 Å². The molecule has 1 aliphatic rings. The number of methoxy groups -OCH3 is 1. The SMILES string of the molecule is CCC[C@H]1C(C)N(C)C1COC. The van der Waals surface area contributed by atoms with Crippen LogP contribution < -0.4 is 0 Å². The second-order valence-electron chi connectivity index (χ2n) is 3.88. The van der Waals surface area contributed by atoms with Crippen LogP contribution in [0, 0.1) is 5.92 Å². The average Bonchev–Trinajstić information content (AvgIpc) is 2.10. The highest BCUT2D eigenvalue weighted by atomic mass is 16.5. The van der Waals surface area contributed by atoms with Crippen molar-refractivity contribution in [2.75, 3.05) is 20.8 Å². The van der Waals surface area contributed by atoms with Crippen LogP contribution in [0.15, 0.2) is 0 Å². The van der Waals surface area contributed by atoms with Gasteiger partial charge >= 0.3 is 0 Å². The van der Waals surface area contributed by atoms with Crippen LogP contribution in [0.4, 0.5) is 0 Å². The average molecular weight is 171 g/mol. The van der Waals surface area contributed by atoms with E-state index in [1.165, 1.54) is 12.8 Å². The molecule has 1 rings (SSSR count). The normalized spacial score (nSPS) is 36.5. The third kappa shape index (κ3) is 1.64. The summed E-state index contributed by atoms with van der Waals surface area (Å²) in [5.74, 6) is 0.861. The number of likely N-dealkylation sites (N-methyl/N-ethyl adjacent to an activating group) is 1. The number of rotatable bonds is 4. The van der Waals surface area contributed by atoms with Gasteiger partial charge in [-0.2, -0.15) is 0 Å². The summed E-state index contributed by atoms with van der Waals surface area (Å²) >= 11 is 0. The predicted molar refractivity (Wildman–Crippen MR) is 51.3 cm³/mol. The van der Waals surface area contributed by atoms with Crippen molar-refractivity contribution in [2.45, 2.75) is 38.8 Å². The first kappa shape index (κ1) is 10.0. The first-order chi connectivity index (χ1) is 5.72. The maximum Gasteiger partial charge on any atom is 0.0621 e. The number of likely N-dealkylation sites (tertiary alicyclic amines) is 1. The Hall–Kier alpha value is -0.0800. The third-order valence-electron chi connectivity index (χ3n) is 3.24. The molecule has 1 heterocycles. The van der Waals surface area contributed by atoms with Crippen LogP contribution in [0.25, 0.3) is 0 Å². The van der Waals surface area contributed by atoms with Gasteiger partial charge < -0.3 is 4.74 Å². The molecule has 2 nitrogen and oxygen atoms in total. The highest BCUT2D eigenvalue weighted by Crippen LogP contribution is 2.33. The Morgan fingerprint density at radius 2 is 2.08 bits per heavy atom. The minimum atomic E-state index is 0.671. The molecule has 2 unspecified atom stereocenters. The lowest BCUT2D eigenvalue weighted by molar-refractivity contribution is -0.0653. The molecule has 1 saturated heterocycles. The minimum absolute atomic E-state index is 0.671. The molecule has 0 N–H and O–H groups in total. The first-order valence-electron chi connectivity index (χ1n) is 4.93. The Balaban J connectivity index is 2.38. The summed E-state index contributed by atoms with van der Waals surface area (Å²) in [7, 11) is 3.99. The van der Waals surface area contributed by atoms with E-state index in [2.05, 4.69) is 25.8 Å². The van der Waals surface area contributed by atoms with Gasteiger partial charge in [0.1, 0.15) is 0 Å². The van der Waals surface area contributed by atoms with Crippen molar-refractivity contribution in [1.82, 2.24) is 4.90 Å². The molecular weight excluding hydrogens is 150 g/mol. The van der Waals surface area contributed by atoms with Crippen LogP contribution in [0.5, 0.6) is 0 Å². The van der Waals surface area contributed by atoms with Gasteiger partial charge in [-0.15, -0.1) is 0 Å². The van der Waals surface area contributed by atoms with Crippen LogP contribution in [0.3, 0.4) is 0 Å². The van der Waals surface area contributed by atoms with Crippen molar-refractivity contribution in [3.8, 4) is 0 Å². The summed E-state index contributed by atoms with van der Waals surface area (Å²) in [4.78, 5) is 2.42. The van der Waals surface area contributed by atoms with E-state index in [9.17, 15) is 0 Å². The number of hydrogen-bond donors (Lipinski definition) is 0. The topological polar surface area (TPSA) is 12.5 Å². The van der Waals surface area contributed by atoms with Crippen molar-refractivity contribution in [2.24, 2.45) is 5.92 Å². The predicted octanol–water partition coefficient (Wildman–Crippen LogP) is 1.75. The van der Waals surface area contributed by atoms with Crippen LogP contribution in [-0.4, -0.2) is 37.7 Å². The molecule has 12 heavy (non-hydrogen) atoms. The zero-order valence-corrected chi connectivity index (χ0v) is 8.71. The van der Waals surface area contributed by atoms with Gasteiger partial charge in [0.05, 0.1) is 6.61 Å². The van der Waals surface area contributed by atoms with Crippen molar-refractivity contribution in [3.63, 3.8) is 0 Å². The van der Waals surface area contributed by atoms with Crippen LogP contribution in [0.2, 0.25) is 0 Å². The summed E-state index contributed by atoms with van der Waals surface area (Å²) in [6.07, 6.45) is 2.64. The van der Waals surface area contributed by atoms with Crippen LogP contribution in [-0.2, 0) is 4.74 Å². The Labute approximate surface area is 75.9 Å². The molecular formula is C10H21NO. The summed E-state index contributed by atoms with van der Waals surface area (Å²) in [5, 5.41) is 0. The van der Waals surface area contributed by atoms with E-state index in [1.807, 2.05) is 0 Å². The zero-order chi connectivity index (χ0) is 9.14. The molecule has 0 saturated carbocycles. The van der Waals surface area contributed by atoms with Crippen LogP contribution >= 0.6 is 0 Å². The number of ether oxygens (including phenoxy) is 1. The van der Waals surface area contributed by atoms with E-state index < -0.39 is 0 Å². The van der Waals surface area contributed by atoms with E-state index in [-0.39, 0.29) is 0 Å². The van der Waals surface area contributed by atoms with Crippen molar-refractivity contribution in [3.05, 3.63) is 0 Å². The molecule has 1 aliphatic heterocycles. The molecule has 0 aromatic heterocycles. The van der Waals surface area contributed by atoms with E-state index in [0.717, 1.165) is 18.6 Å². The lowest BCUT2D eigenvalue weighted by atomic mass is 9.78. The summed E-state index contributed by atoms with van der Waals surface area (Å²) < 4.78 is 5.20. The fourth-order valence-electron chi connectivity index (χ4n) is 2.30. The van der Waals surface area contributed by atoms with Gasteiger partial charge in [0.15, 0.2) is 0 Å². The molecule has 0 amide bonds. The van der Waals surface area contributed by atoms with E-state index in [0.29, 0.717) is 6.04 Å². The Kier molecular flexibility index (Phi) is 3.53. The fourth-order valence-corrected chi connectivity index (χ4v) is 2.30. The summed E-state index contributed by atoms with van der Waals surface area (Å²) in [5.41, 5.74) is 0. The highest BCUT2D eigenvalue weighted by Gasteiger charge is 2.41. The van der Waals surface area contributed by atoms with Crippen molar-refractivity contribution in [1.29, 1.82) is 0 Å². The standard InChI is InChI=1S/C10H21NO/c1-5-6-9-8(2)11(3)10(9)7-12-4/h8-10H,5-7H2,1-4H3/t8?,9-,10?/m0/s1. The monoisotopic (exact) mass is 171 g/mol. The maximum atomic E-state index is 5.20. The maximum absolute atomic E-state index is 5.20. The Bertz CT molecular complexity index is 122. The van der Waals surface area contributed by atoms with Crippen LogP contribution in [0.1, 0.15) is 26.7 Å². The molecule has 3 atom stereocenters. The third-order valence-corrected chi connectivity index (χ3v) is 3.24. The molecule has 1 fully saturated rings. The van der Waals surface area contributed by atoms with Gasteiger partial charge in [-0.3, -0.25) is 4.90 Å². The molecule has 0 bridgehead atoms. The fraction of sp³-hybridized carbons (Fsp3) is 1.00. The summed E-state index contributed by atoms with van der Waals surface area (Å²) in [6, 6.07) is 1.43. The lowest BCUT2D eigenvalue weighted by Gasteiger charge is -2.52. The molecule has 0 radical (unpaired) electrons.